The summed E-state index contributed by atoms with van der Waals surface area (Å²) in [4.78, 5) is 20.0. The number of amidine groups is 1. The van der Waals surface area contributed by atoms with E-state index in [4.69, 9.17) is 25.8 Å². The molecule has 0 radical (unpaired) electrons. The molecule has 1 aliphatic rings. The lowest BCUT2D eigenvalue weighted by Crippen LogP contribution is -2.30. The van der Waals surface area contributed by atoms with Crippen molar-refractivity contribution in [3.63, 3.8) is 0 Å². The lowest BCUT2D eigenvalue weighted by Gasteiger charge is -2.15. The monoisotopic (exact) mass is 446 g/mol. The molecule has 1 aliphatic heterocycles. The Bertz CT molecular complexity index is 963. The molecule has 0 spiro atoms. The number of carbonyl (C=O) groups is 1. The molecular formula is C22H23ClN2O4S. The van der Waals surface area contributed by atoms with Gasteiger partial charge in [-0.05, 0) is 54.1 Å². The minimum absolute atomic E-state index is 0.100. The van der Waals surface area contributed by atoms with Crippen LogP contribution < -0.4 is 9.47 Å². The second-order valence-electron chi connectivity index (χ2n) is 6.38. The standard InChI is InChI=1S/C22H23ClN2O4S/c1-27-11-7-10-25-21(26)19(30-22(25)24-16-8-5-4-6-9-16)14-15-12-17(23)20(29-3)18(13-15)28-2/h4-6,8-9,12-14H,7,10-11H2,1-3H3/b19-14-,24-22?. The number of thioether (sulfide) groups is 1. The van der Waals surface area contributed by atoms with Crippen molar-refractivity contribution in [2.45, 2.75) is 6.42 Å². The third-order valence-electron chi connectivity index (χ3n) is 4.35. The van der Waals surface area contributed by atoms with Gasteiger partial charge in [0.15, 0.2) is 16.7 Å². The number of methoxy groups -OCH3 is 3. The van der Waals surface area contributed by atoms with Crippen LogP contribution in [-0.2, 0) is 9.53 Å². The Hall–Kier alpha value is -2.48. The molecule has 158 valence electrons. The smallest absolute Gasteiger partial charge is 0.266 e. The molecule has 1 amide bonds. The Balaban J connectivity index is 1.94. The molecule has 3 rings (SSSR count). The number of rotatable bonds is 8. The number of hydrogen-bond donors (Lipinski definition) is 0. The summed E-state index contributed by atoms with van der Waals surface area (Å²) in [7, 11) is 4.72. The van der Waals surface area contributed by atoms with Crippen molar-refractivity contribution >= 4 is 46.2 Å². The van der Waals surface area contributed by atoms with Gasteiger partial charge in [-0.2, -0.15) is 0 Å². The number of para-hydroxylation sites is 1. The van der Waals surface area contributed by atoms with Gasteiger partial charge in [0.25, 0.3) is 5.91 Å². The molecule has 1 heterocycles. The zero-order chi connectivity index (χ0) is 21.5. The number of halogens is 1. The van der Waals surface area contributed by atoms with Crippen molar-refractivity contribution in [1.82, 2.24) is 4.90 Å². The van der Waals surface area contributed by atoms with E-state index in [1.54, 1.807) is 37.3 Å². The van der Waals surface area contributed by atoms with E-state index in [9.17, 15) is 4.79 Å². The summed E-state index contributed by atoms with van der Waals surface area (Å²) in [6.07, 6.45) is 2.50. The highest BCUT2D eigenvalue weighted by Gasteiger charge is 2.33. The highest BCUT2D eigenvalue weighted by molar-refractivity contribution is 8.18. The molecule has 0 aliphatic carbocycles. The van der Waals surface area contributed by atoms with Crippen LogP contribution >= 0.6 is 23.4 Å². The molecule has 0 aromatic heterocycles. The zero-order valence-electron chi connectivity index (χ0n) is 17.1. The first kappa shape index (κ1) is 22.2. The number of benzene rings is 2. The molecule has 6 nitrogen and oxygen atoms in total. The zero-order valence-corrected chi connectivity index (χ0v) is 18.6. The van der Waals surface area contributed by atoms with Gasteiger partial charge >= 0.3 is 0 Å². The van der Waals surface area contributed by atoms with Gasteiger partial charge in [-0.1, -0.05) is 29.8 Å². The molecule has 1 fully saturated rings. The van der Waals surface area contributed by atoms with Gasteiger partial charge in [0.1, 0.15) is 0 Å². The van der Waals surface area contributed by atoms with E-state index in [-0.39, 0.29) is 5.91 Å². The molecule has 0 unspecified atom stereocenters. The second-order valence-corrected chi connectivity index (χ2v) is 7.80. The minimum atomic E-state index is -0.100. The molecule has 0 atom stereocenters. The normalized spacial score (nSPS) is 16.5. The Labute approximate surface area is 185 Å². The van der Waals surface area contributed by atoms with E-state index in [1.807, 2.05) is 30.3 Å². The number of hydrogen-bond acceptors (Lipinski definition) is 6. The Morgan fingerprint density at radius 1 is 1.13 bits per heavy atom. The first-order chi connectivity index (χ1) is 14.6. The summed E-state index contributed by atoms with van der Waals surface area (Å²) >= 11 is 7.65. The molecular weight excluding hydrogens is 424 g/mol. The van der Waals surface area contributed by atoms with Gasteiger partial charge in [-0.25, -0.2) is 4.99 Å². The first-order valence-electron chi connectivity index (χ1n) is 9.33. The fourth-order valence-electron chi connectivity index (χ4n) is 2.94. The largest absolute Gasteiger partial charge is 0.493 e. The van der Waals surface area contributed by atoms with Crippen molar-refractivity contribution in [3.8, 4) is 11.5 Å². The number of ether oxygens (including phenoxy) is 3. The number of carbonyl (C=O) groups excluding carboxylic acids is 1. The summed E-state index contributed by atoms with van der Waals surface area (Å²) < 4.78 is 15.8. The van der Waals surface area contributed by atoms with E-state index in [0.29, 0.717) is 46.2 Å². The molecule has 0 saturated carbocycles. The van der Waals surface area contributed by atoms with E-state index in [0.717, 1.165) is 11.3 Å². The predicted molar refractivity (Wildman–Crippen MR) is 122 cm³/mol. The molecule has 2 aromatic rings. The van der Waals surface area contributed by atoms with Crippen LogP contribution in [0.2, 0.25) is 5.02 Å². The van der Waals surface area contributed by atoms with Gasteiger partial charge in [-0.3, -0.25) is 9.69 Å². The summed E-state index contributed by atoms with van der Waals surface area (Å²) in [6, 6.07) is 13.1. The Morgan fingerprint density at radius 2 is 1.90 bits per heavy atom. The maximum absolute atomic E-state index is 13.1. The van der Waals surface area contributed by atoms with E-state index in [2.05, 4.69) is 4.99 Å². The summed E-state index contributed by atoms with van der Waals surface area (Å²) in [6.45, 7) is 1.09. The number of amides is 1. The fourth-order valence-corrected chi connectivity index (χ4v) is 4.26. The van der Waals surface area contributed by atoms with Gasteiger partial charge < -0.3 is 14.2 Å². The van der Waals surface area contributed by atoms with Gasteiger partial charge in [0.05, 0.1) is 29.8 Å². The second kappa shape index (κ2) is 10.5. The van der Waals surface area contributed by atoms with Gasteiger partial charge in [0.2, 0.25) is 0 Å². The van der Waals surface area contributed by atoms with Crippen molar-refractivity contribution in [2.24, 2.45) is 4.99 Å². The molecule has 8 heteroatoms. The van der Waals surface area contributed by atoms with Crippen LogP contribution in [0.4, 0.5) is 5.69 Å². The lowest BCUT2D eigenvalue weighted by atomic mass is 10.1. The highest BCUT2D eigenvalue weighted by Crippen LogP contribution is 2.39. The van der Waals surface area contributed by atoms with E-state index < -0.39 is 0 Å². The average Bonchev–Trinajstić information content (AvgIpc) is 3.03. The lowest BCUT2D eigenvalue weighted by molar-refractivity contribution is -0.122. The molecule has 2 aromatic carbocycles. The average molecular weight is 447 g/mol. The first-order valence-corrected chi connectivity index (χ1v) is 10.5. The van der Waals surface area contributed by atoms with Crippen LogP contribution in [0.1, 0.15) is 12.0 Å². The molecule has 0 bridgehead atoms. The topological polar surface area (TPSA) is 60.4 Å². The summed E-state index contributed by atoms with van der Waals surface area (Å²) in [5, 5.41) is 1.05. The van der Waals surface area contributed by atoms with Gasteiger partial charge in [-0.15, -0.1) is 0 Å². The quantitative estimate of drug-likeness (QED) is 0.422. The van der Waals surface area contributed by atoms with E-state index in [1.165, 1.54) is 18.9 Å². The van der Waals surface area contributed by atoms with Crippen molar-refractivity contribution in [1.29, 1.82) is 0 Å². The fraction of sp³-hybridized carbons (Fsp3) is 0.273. The van der Waals surface area contributed by atoms with Crippen LogP contribution in [0.15, 0.2) is 52.4 Å². The SMILES string of the molecule is COCCCN1C(=O)/C(=C/c2cc(Cl)c(OC)c(OC)c2)SC1=Nc1ccccc1. The Kier molecular flexibility index (Phi) is 7.79. The maximum atomic E-state index is 13.1. The minimum Gasteiger partial charge on any atom is -0.493 e. The van der Waals surface area contributed by atoms with Crippen LogP contribution in [0, 0.1) is 0 Å². The third-order valence-corrected chi connectivity index (χ3v) is 5.64. The molecule has 30 heavy (non-hydrogen) atoms. The van der Waals surface area contributed by atoms with Crippen molar-refractivity contribution in [3.05, 3.63) is 58.0 Å². The summed E-state index contributed by atoms with van der Waals surface area (Å²) in [5.41, 5.74) is 1.53. The van der Waals surface area contributed by atoms with E-state index >= 15 is 0 Å². The molecule has 0 N–H and O–H groups in total. The summed E-state index contributed by atoms with van der Waals surface area (Å²) in [5.74, 6) is 0.860. The number of nitrogens with zero attached hydrogens (tertiary/aromatic N) is 2. The van der Waals surface area contributed by atoms with Crippen molar-refractivity contribution in [2.75, 3.05) is 34.5 Å². The number of aliphatic imine (C=N–C) groups is 1. The maximum Gasteiger partial charge on any atom is 0.266 e. The Morgan fingerprint density at radius 3 is 2.57 bits per heavy atom. The van der Waals surface area contributed by atoms with Crippen molar-refractivity contribution < 1.29 is 19.0 Å². The van der Waals surface area contributed by atoms with Crippen LogP contribution in [0.25, 0.3) is 6.08 Å². The molecule has 1 saturated heterocycles. The predicted octanol–water partition coefficient (Wildman–Crippen LogP) is 5.00. The van der Waals surface area contributed by atoms with Crippen LogP contribution in [-0.4, -0.2) is 50.5 Å². The van der Waals surface area contributed by atoms with Crippen LogP contribution in [0.3, 0.4) is 0 Å². The van der Waals surface area contributed by atoms with Gasteiger partial charge in [0, 0.05) is 20.3 Å². The highest BCUT2D eigenvalue weighted by atomic mass is 35.5. The van der Waals surface area contributed by atoms with Crippen LogP contribution in [0.5, 0.6) is 11.5 Å². The third kappa shape index (κ3) is 5.16.